The summed E-state index contributed by atoms with van der Waals surface area (Å²) < 4.78 is 11.4. The number of hydrogen-bond donors (Lipinski definition) is 1. The molecule has 20 heavy (non-hydrogen) atoms. The molecule has 0 aliphatic heterocycles. The third kappa shape index (κ3) is 4.76. The molecule has 1 saturated carbocycles. The molecule has 0 amide bonds. The molecule has 4 heteroatoms. The summed E-state index contributed by atoms with van der Waals surface area (Å²) >= 11 is 0. The second kappa shape index (κ2) is 8.22. The first-order valence-electron chi connectivity index (χ1n) is 7.67. The zero-order valence-electron chi connectivity index (χ0n) is 12.6. The average molecular weight is 278 g/mol. The summed E-state index contributed by atoms with van der Waals surface area (Å²) in [6, 6.07) is 4.06. The Morgan fingerprint density at radius 1 is 1.30 bits per heavy atom. The minimum Gasteiger partial charge on any atom is -0.489 e. The van der Waals surface area contributed by atoms with Gasteiger partial charge in [-0.3, -0.25) is 4.98 Å². The van der Waals surface area contributed by atoms with Gasteiger partial charge in [0, 0.05) is 20.1 Å². The summed E-state index contributed by atoms with van der Waals surface area (Å²) in [6.07, 6.45) is 8.00. The van der Waals surface area contributed by atoms with Crippen LogP contribution in [0.2, 0.25) is 0 Å². The van der Waals surface area contributed by atoms with Crippen molar-refractivity contribution in [3.8, 4) is 5.75 Å². The van der Waals surface area contributed by atoms with Crippen LogP contribution in [-0.4, -0.2) is 30.8 Å². The molecule has 1 aliphatic rings. The topological polar surface area (TPSA) is 43.4 Å². The van der Waals surface area contributed by atoms with E-state index in [-0.39, 0.29) is 6.10 Å². The van der Waals surface area contributed by atoms with Crippen LogP contribution in [0.3, 0.4) is 0 Å². The van der Waals surface area contributed by atoms with Crippen LogP contribution >= 0.6 is 0 Å². The number of ether oxygens (including phenoxy) is 2. The van der Waals surface area contributed by atoms with Crippen molar-refractivity contribution in [2.75, 3.05) is 13.7 Å². The molecule has 1 aliphatic carbocycles. The summed E-state index contributed by atoms with van der Waals surface area (Å²) in [6.45, 7) is 4.01. The summed E-state index contributed by atoms with van der Waals surface area (Å²) in [4.78, 5) is 4.44. The fraction of sp³-hybridized carbons (Fsp3) is 0.688. The van der Waals surface area contributed by atoms with E-state index in [9.17, 15) is 0 Å². The maximum absolute atomic E-state index is 6.01. The predicted molar refractivity (Wildman–Crippen MR) is 79.9 cm³/mol. The lowest BCUT2D eigenvalue weighted by molar-refractivity contribution is 0.0208. The van der Waals surface area contributed by atoms with Crippen molar-refractivity contribution in [1.82, 2.24) is 10.3 Å². The molecule has 2 atom stereocenters. The quantitative estimate of drug-likeness (QED) is 0.779. The van der Waals surface area contributed by atoms with Gasteiger partial charge in [-0.25, -0.2) is 0 Å². The highest BCUT2D eigenvalue weighted by Crippen LogP contribution is 2.24. The van der Waals surface area contributed by atoms with E-state index < -0.39 is 0 Å². The van der Waals surface area contributed by atoms with Crippen molar-refractivity contribution in [2.45, 2.75) is 57.8 Å². The Labute approximate surface area is 121 Å². The van der Waals surface area contributed by atoms with Gasteiger partial charge in [-0.1, -0.05) is 6.92 Å². The molecule has 2 rings (SSSR count). The molecule has 112 valence electrons. The highest BCUT2D eigenvalue weighted by Gasteiger charge is 2.23. The lowest BCUT2D eigenvalue weighted by atomic mass is 9.95. The van der Waals surface area contributed by atoms with Gasteiger partial charge in [0.2, 0.25) is 0 Å². The predicted octanol–water partition coefficient (Wildman–Crippen LogP) is 2.92. The normalized spacial score (nSPS) is 22.7. The molecule has 2 unspecified atom stereocenters. The first-order valence-corrected chi connectivity index (χ1v) is 7.67. The number of hydrogen-bond acceptors (Lipinski definition) is 4. The largest absolute Gasteiger partial charge is 0.489 e. The lowest BCUT2D eigenvalue weighted by Gasteiger charge is -2.28. The summed E-state index contributed by atoms with van der Waals surface area (Å²) in [5.74, 6) is 0.867. The van der Waals surface area contributed by atoms with Gasteiger partial charge in [0.1, 0.15) is 11.9 Å². The van der Waals surface area contributed by atoms with E-state index >= 15 is 0 Å². The minimum atomic E-state index is 0.263. The van der Waals surface area contributed by atoms with Crippen molar-refractivity contribution in [2.24, 2.45) is 0 Å². The van der Waals surface area contributed by atoms with Crippen LogP contribution in [0.15, 0.2) is 18.3 Å². The second-order valence-electron chi connectivity index (χ2n) is 5.43. The van der Waals surface area contributed by atoms with Crippen LogP contribution in [0.1, 0.15) is 44.7 Å². The van der Waals surface area contributed by atoms with Crippen LogP contribution in [0.4, 0.5) is 0 Å². The van der Waals surface area contributed by atoms with Gasteiger partial charge in [0.05, 0.1) is 18.0 Å². The van der Waals surface area contributed by atoms with E-state index in [0.29, 0.717) is 6.10 Å². The van der Waals surface area contributed by atoms with Crippen LogP contribution in [0.5, 0.6) is 5.75 Å². The average Bonchev–Trinajstić information content (AvgIpc) is 2.49. The molecule has 1 heterocycles. The Balaban J connectivity index is 1.80. The fourth-order valence-electron chi connectivity index (χ4n) is 2.59. The Morgan fingerprint density at radius 3 is 2.85 bits per heavy atom. The van der Waals surface area contributed by atoms with Gasteiger partial charge in [0.15, 0.2) is 0 Å². The molecule has 0 radical (unpaired) electrons. The van der Waals surface area contributed by atoms with Gasteiger partial charge in [-0.2, -0.15) is 0 Å². The van der Waals surface area contributed by atoms with E-state index in [4.69, 9.17) is 9.47 Å². The van der Waals surface area contributed by atoms with Crippen molar-refractivity contribution in [1.29, 1.82) is 0 Å². The number of rotatable bonds is 7. The Bertz CT molecular complexity index is 381. The molecule has 0 saturated heterocycles. The number of nitrogens with zero attached hydrogens (tertiary/aromatic N) is 1. The van der Waals surface area contributed by atoms with Gasteiger partial charge < -0.3 is 14.8 Å². The molecular weight excluding hydrogens is 252 g/mol. The van der Waals surface area contributed by atoms with Crippen LogP contribution in [0, 0.1) is 0 Å². The number of methoxy groups -OCH3 is 1. The lowest BCUT2D eigenvalue weighted by Crippen LogP contribution is -2.29. The monoisotopic (exact) mass is 278 g/mol. The zero-order valence-corrected chi connectivity index (χ0v) is 12.6. The molecule has 0 bridgehead atoms. The van der Waals surface area contributed by atoms with Gasteiger partial charge >= 0.3 is 0 Å². The van der Waals surface area contributed by atoms with Crippen molar-refractivity contribution >= 4 is 0 Å². The number of pyridine rings is 1. The Hall–Kier alpha value is -1.13. The molecule has 0 aromatic carbocycles. The van der Waals surface area contributed by atoms with E-state index in [1.165, 1.54) is 6.42 Å². The number of nitrogens with one attached hydrogen (secondary N) is 1. The van der Waals surface area contributed by atoms with Crippen molar-refractivity contribution < 1.29 is 9.47 Å². The third-order valence-corrected chi connectivity index (χ3v) is 3.74. The van der Waals surface area contributed by atoms with Crippen molar-refractivity contribution in [3.63, 3.8) is 0 Å². The third-order valence-electron chi connectivity index (χ3n) is 3.74. The van der Waals surface area contributed by atoms with Gasteiger partial charge in [-0.15, -0.1) is 0 Å². The summed E-state index contributed by atoms with van der Waals surface area (Å²) in [5.41, 5.74) is 1.06. The van der Waals surface area contributed by atoms with Crippen LogP contribution in [-0.2, 0) is 11.3 Å². The van der Waals surface area contributed by atoms with E-state index in [1.807, 2.05) is 18.3 Å². The van der Waals surface area contributed by atoms with Gasteiger partial charge in [-0.05, 0) is 44.4 Å². The zero-order chi connectivity index (χ0) is 14.2. The highest BCUT2D eigenvalue weighted by atomic mass is 16.5. The van der Waals surface area contributed by atoms with Crippen molar-refractivity contribution in [3.05, 3.63) is 24.0 Å². The number of aromatic nitrogens is 1. The van der Waals surface area contributed by atoms with Gasteiger partial charge in [0.25, 0.3) is 0 Å². The minimum absolute atomic E-state index is 0.263. The molecule has 0 spiro atoms. The molecule has 1 fully saturated rings. The van der Waals surface area contributed by atoms with Crippen LogP contribution < -0.4 is 10.1 Å². The molecule has 1 aromatic rings. The molecule has 4 nitrogen and oxygen atoms in total. The first-order chi connectivity index (χ1) is 9.81. The maximum atomic E-state index is 6.01. The molecule has 1 N–H and O–H groups in total. The Morgan fingerprint density at radius 2 is 2.15 bits per heavy atom. The SMILES string of the molecule is CCCNCc1ccc(OC2CCCC(OC)C2)cn1. The molecule has 1 aromatic heterocycles. The summed E-state index contributed by atoms with van der Waals surface area (Å²) in [7, 11) is 1.78. The van der Waals surface area contributed by atoms with E-state index in [2.05, 4.69) is 17.2 Å². The summed E-state index contributed by atoms with van der Waals surface area (Å²) in [5, 5.41) is 3.35. The van der Waals surface area contributed by atoms with Crippen LogP contribution in [0.25, 0.3) is 0 Å². The Kier molecular flexibility index (Phi) is 6.27. The van der Waals surface area contributed by atoms with E-state index in [1.54, 1.807) is 7.11 Å². The second-order valence-corrected chi connectivity index (χ2v) is 5.43. The molecular formula is C16H26N2O2. The maximum Gasteiger partial charge on any atom is 0.138 e. The fourth-order valence-corrected chi connectivity index (χ4v) is 2.59. The highest BCUT2D eigenvalue weighted by molar-refractivity contribution is 5.20. The standard InChI is InChI=1S/C16H26N2O2/c1-3-9-17-11-13-7-8-16(12-18-13)20-15-6-4-5-14(10-15)19-2/h7-8,12,14-15,17H,3-6,9-11H2,1-2H3. The first kappa shape index (κ1) is 15.3. The smallest absolute Gasteiger partial charge is 0.138 e. The van der Waals surface area contributed by atoms with E-state index in [0.717, 1.165) is 50.2 Å².